The molecule has 4 heterocycles. The molecule has 0 aliphatic carbocycles. The lowest BCUT2D eigenvalue weighted by molar-refractivity contribution is -0.0426. The van der Waals surface area contributed by atoms with E-state index in [-0.39, 0.29) is 6.10 Å². The van der Waals surface area contributed by atoms with Gasteiger partial charge in [-0.1, -0.05) is 11.2 Å². The van der Waals surface area contributed by atoms with Crippen molar-refractivity contribution in [1.29, 1.82) is 0 Å². The summed E-state index contributed by atoms with van der Waals surface area (Å²) in [5.74, 6) is 1.09. The molecule has 1 fully saturated rings. The molecule has 0 N–H and O–H groups in total. The first-order valence-corrected chi connectivity index (χ1v) is 7.77. The second-order valence-corrected chi connectivity index (χ2v) is 5.57. The molecule has 24 heavy (non-hydrogen) atoms. The summed E-state index contributed by atoms with van der Waals surface area (Å²) in [6, 6.07) is 5.61. The maximum absolute atomic E-state index is 5.79. The fourth-order valence-electron chi connectivity index (χ4n) is 2.68. The Morgan fingerprint density at radius 3 is 3.12 bits per heavy atom. The maximum atomic E-state index is 5.79. The molecule has 0 saturated carbocycles. The molecule has 1 aliphatic heterocycles. The standard InChI is InChI=1S/C15H17N7O2/c1-2-4-17-13(3-1)15-19-14(24-20-15)9-21-5-6-23-12(7-21)8-22-11-16-10-18-22/h1-4,10-12H,5-9H2/t12-/m0/s1. The zero-order valence-electron chi connectivity index (χ0n) is 13.0. The Morgan fingerprint density at radius 2 is 2.29 bits per heavy atom. The van der Waals surface area contributed by atoms with Crippen LogP contribution in [0.4, 0.5) is 0 Å². The largest absolute Gasteiger partial charge is 0.374 e. The van der Waals surface area contributed by atoms with Crippen LogP contribution in [0.15, 0.2) is 41.6 Å². The summed E-state index contributed by atoms with van der Waals surface area (Å²) in [5.41, 5.74) is 0.707. The zero-order valence-corrected chi connectivity index (χ0v) is 13.0. The van der Waals surface area contributed by atoms with Crippen molar-refractivity contribution in [1.82, 2.24) is 34.8 Å². The third-order valence-electron chi connectivity index (χ3n) is 3.80. The second-order valence-electron chi connectivity index (χ2n) is 5.57. The number of rotatable bonds is 5. The van der Waals surface area contributed by atoms with E-state index in [4.69, 9.17) is 9.26 Å². The molecule has 0 amide bonds. The van der Waals surface area contributed by atoms with Crippen molar-refractivity contribution in [3.8, 4) is 11.5 Å². The number of morpholine rings is 1. The lowest BCUT2D eigenvalue weighted by atomic mass is 10.2. The normalized spacial score (nSPS) is 18.8. The SMILES string of the molecule is c1ccc(-c2noc(CN3CCO[C@H](Cn4cncn4)C3)n2)nc1. The van der Waals surface area contributed by atoms with E-state index < -0.39 is 0 Å². The maximum Gasteiger partial charge on any atom is 0.241 e. The zero-order chi connectivity index (χ0) is 16.2. The molecule has 0 bridgehead atoms. The molecule has 124 valence electrons. The van der Waals surface area contributed by atoms with Crippen LogP contribution in [0, 0.1) is 0 Å². The van der Waals surface area contributed by atoms with Gasteiger partial charge in [-0.15, -0.1) is 0 Å². The summed E-state index contributed by atoms with van der Waals surface area (Å²) < 4.78 is 12.9. The van der Waals surface area contributed by atoms with Gasteiger partial charge >= 0.3 is 0 Å². The molecular weight excluding hydrogens is 310 g/mol. The molecule has 1 saturated heterocycles. The molecular formula is C15H17N7O2. The Bertz CT molecular complexity index is 759. The number of nitrogens with zero attached hydrogens (tertiary/aromatic N) is 7. The molecule has 1 atom stereocenters. The van der Waals surface area contributed by atoms with E-state index in [1.54, 1.807) is 17.2 Å². The monoisotopic (exact) mass is 327 g/mol. The van der Waals surface area contributed by atoms with E-state index in [0.717, 1.165) is 13.1 Å². The van der Waals surface area contributed by atoms with Gasteiger partial charge in [-0.05, 0) is 12.1 Å². The number of pyridine rings is 1. The van der Waals surface area contributed by atoms with Gasteiger partial charge in [-0.2, -0.15) is 10.1 Å². The molecule has 3 aromatic heterocycles. The van der Waals surface area contributed by atoms with Gasteiger partial charge in [0.25, 0.3) is 0 Å². The van der Waals surface area contributed by atoms with Crippen LogP contribution in [0.1, 0.15) is 5.89 Å². The second kappa shape index (κ2) is 6.85. The van der Waals surface area contributed by atoms with Crippen molar-refractivity contribution in [2.24, 2.45) is 0 Å². The van der Waals surface area contributed by atoms with Crippen LogP contribution in [0.5, 0.6) is 0 Å². The van der Waals surface area contributed by atoms with Gasteiger partial charge in [0.15, 0.2) is 0 Å². The van der Waals surface area contributed by atoms with Gasteiger partial charge in [-0.25, -0.2) is 4.98 Å². The molecule has 9 nitrogen and oxygen atoms in total. The molecule has 1 aliphatic rings. The van der Waals surface area contributed by atoms with Crippen LogP contribution in [0.2, 0.25) is 0 Å². The summed E-state index contributed by atoms with van der Waals surface area (Å²) >= 11 is 0. The Balaban J connectivity index is 1.37. The van der Waals surface area contributed by atoms with Crippen molar-refractivity contribution < 1.29 is 9.26 Å². The third-order valence-corrected chi connectivity index (χ3v) is 3.80. The van der Waals surface area contributed by atoms with Crippen molar-refractivity contribution >= 4 is 0 Å². The summed E-state index contributed by atoms with van der Waals surface area (Å²) in [4.78, 5) is 14.8. The molecule has 0 radical (unpaired) electrons. The van der Waals surface area contributed by atoms with Gasteiger partial charge < -0.3 is 9.26 Å². The highest BCUT2D eigenvalue weighted by Gasteiger charge is 2.23. The van der Waals surface area contributed by atoms with Crippen molar-refractivity contribution in [2.45, 2.75) is 19.2 Å². The fourth-order valence-corrected chi connectivity index (χ4v) is 2.68. The summed E-state index contributed by atoms with van der Waals surface area (Å²) in [6.45, 7) is 3.55. The first-order valence-electron chi connectivity index (χ1n) is 7.77. The summed E-state index contributed by atoms with van der Waals surface area (Å²) in [5, 5.41) is 8.12. The molecule has 9 heteroatoms. The van der Waals surface area contributed by atoms with Crippen LogP contribution in [0.3, 0.4) is 0 Å². The number of hydrogen-bond acceptors (Lipinski definition) is 8. The lowest BCUT2D eigenvalue weighted by Gasteiger charge is -2.31. The van der Waals surface area contributed by atoms with Crippen LogP contribution in [-0.2, 0) is 17.8 Å². The van der Waals surface area contributed by atoms with E-state index in [2.05, 4.69) is 30.1 Å². The number of hydrogen-bond donors (Lipinski definition) is 0. The average molecular weight is 327 g/mol. The van der Waals surface area contributed by atoms with E-state index in [1.807, 2.05) is 18.2 Å². The Kier molecular flexibility index (Phi) is 4.26. The minimum atomic E-state index is 0.0682. The van der Waals surface area contributed by atoms with Crippen molar-refractivity contribution in [3.63, 3.8) is 0 Å². The highest BCUT2D eigenvalue weighted by Crippen LogP contribution is 2.15. The topological polar surface area (TPSA) is 95.0 Å². The Hall–Kier alpha value is -2.65. The summed E-state index contributed by atoms with van der Waals surface area (Å²) in [7, 11) is 0. The van der Waals surface area contributed by atoms with Crippen LogP contribution in [0.25, 0.3) is 11.5 Å². The molecule has 0 aromatic carbocycles. The van der Waals surface area contributed by atoms with Gasteiger partial charge in [0.2, 0.25) is 11.7 Å². The van der Waals surface area contributed by atoms with Crippen LogP contribution in [-0.4, -0.2) is 60.6 Å². The van der Waals surface area contributed by atoms with Gasteiger partial charge in [0.05, 0.1) is 25.8 Å². The van der Waals surface area contributed by atoms with Gasteiger partial charge in [-0.3, -0.25) is 14.6 Å². The summed E-state index contributed by atoms with van der Waals surface area (Å²) in [6.07, 6.45) is 5.00. The fraction of sp³-hybridized carbons (Fsp3) is 0.400. The Morgan fingerprint density at radius 1 is 1.29 bits per heavy atom. The number of aromatic nitrogens is 6. The highest BCUT2D eigenvalue weighted by atomic mass is 16.5. The van der Waals surface area contributed by atoms with Crippen molar-refractivity contribution in [3.05, 3.63) is 42.9 Å². The molecule has 0 unspecified atom stereocenters. The van der Waals surface area contributed by atoms with Gasteiger partial charge in [0, 0.05) is 19.3 Å². The molecule has 4 rings (SSSR count). The molecule has 0 spiro atoms. The van der Waals surface area contributed by atoms with E-state index in [1.165, 1.54) is 6.33 Å². The Labute approximate surface area is 138 Å². The highest BCUT2D eigenvalue weighted by molar-refractivity contribution is 5.46. The predicted molar refractivity (Wildman–Crippen MR) is 82.6 cm³/mol. The lowest BCUT2D eigenvalue weighted by Crippen LogP contribution is -2.43. The predicted octanol–water partition coefficient (Wildman–Crippen LogP) is 0.624. The minimum Gasteiger partial charge on any atom is -0.374 e. The molecule has 3 aromatic rings. The minimum absolute atomic E-state index is 0.0682. The van der Waals surface area contributed by atoms with E-state index in [9.17, 15) is 0 Å². The smallest absolute Gasteiger partial charge is 0.241 e. The van der Waals surface area contributed by atoms with Crippen LogP contribution >= 0.6 is 0 Å². The van der Waals surface area contributed by atoms with E-state index in [0.29, 0.717) is 37.1 Å². The van der Waals surface area contributed by atoms with E-state index >= 15 is 0 Å². The van der Waals surface area contributed by atoms with Crippen molar-refractivity contribution in [2.75, 3.05) is 19.7 Å². The first kappa shape index (κ1) is 14.9. The van der Waals surface area contributed by atoms with Gasteiger partial charge in [0.1, 0.15) is 18.3 Å². The first-order chi connectivity index (χ1) is 11.9. The quantitative estimate of drug-likeness (QED) is 0.673. The average Bonchev–Trinajstić information content (AvgIpc) is 3.28. The third kappa shape index (κ3) is 3.47. The number of ether oxygens (including phenoxy) is 1. The van der Waals surface area contributed by atoms with Crippen LogP contribution < -0.4 is 0 Å².